The summed E-state index contributed by atoms with van der Waals surface area (Å²) in [5.41, 5.74) is 0. The number of benzene rings is 2. The van der Waals surface area contributed by atoms with E-state index in [1.807, 2.05) is 0 Å². The summed E-state index contributed by atoms with van der Waals surface area (Å²) in [5, 5.41) is 0. The molecule has 2 rings (SSSR count). The van der Waals surface area contributed by atoms with Gasteiger partial charge in [-0.3, -0.25) is 9.11 Å². The molecule has 0 aromatic heterocycles. The molecule has 2 N–H and O–H groups in total. The van der Waals surface area contributed by atoms with Crippen LogP contribution in [0.4, 0.5) is 0 Å². The van der Waals surface area contributed by atoms with Gasteiger partial charge in [0.1, 0.15) is 11.5 Å². The van der Waals surface area contributed by atoms with E-state index in [9.17, 15) is 16.8 Å². The Balaban J connectivity index is 2.35. The van der Waals surface area contributed by atoms with Gasteiger partial charge in [0.05, 0.1) is 9.79 Å². The second kappa shape index (κ2) is 5.45. The molecule has 2 aromatic carbocycles. The third-order valence-electron chi connectivity index (χ3n) is 2.44. The van der Waals surface area contributed by atoms with E-state index in [4.69, 9.17) is 13.8 Å². The first-order valence-corrected chi connectivity index (χ1v) is 8.37. The van der Waals surface area contributed by atoms with E-state index in [2.05, 4.69) is 0 Å². The van der Waals surface area contributed by atoms with Crippen molar-refractivity contribution < 1.29 is 30.7 Å². The Hall–Kier alpha value is -1.94. The van der Waals surface area contributed by atoms with Crippen molar-refractivity contribution in [1.82, 2.24) is 0 Å². The van der Waals surface area contributed by atoms with Crippen LogP contribution in [0.25, 0.3) is 0 Å². The minimum Gasteiger partial charge on any atom is -0.457 e. The maximum Gasteiger partial charge on any atom is 0.294 e. The molecule has 0 amide bonds. The molecule has 2 aromatic rings. The Morgan fingerprint density at radius 1 is 0.714 bits per heavy atom. The minimum atomic E-state index is -4.36. The molecule has 0 saturated heterocycles. The van der Waals surface area contributed by atoms with Gasteiger partial charge in [0, 0.05) is 12.1 Å². The summed E-state index contributed by atoms with van der Waals surface area (Å²) in [7, 11) is -8.73. The van der Waals surface area contributed by atoms with Crippen molar-refractivity contribution in [3.8, 4) is 11.5 Å². The van der Waals surface area contributed by atoms with E-state index in [-0.39, 0.29) is 21.3 Å². The van der Waals surface area contributed by atoms with E-state index in [1.54, 1.807) is 0 Å². The molecule has 0 unspecified atom stereocenters. The molecule has 9 heteroatoms. The van der Waals surface area contributed by atoms with Crippen LogP contribution in [-0.2, 0) is 20.2 Å². The lowest BCUT2D eigenvalue weighted by Crippen LogP contribution is -1.99. The zero-order chi connectivity index (χ0) is 15.7. The first-order chi connectivity index (χ1) is 9.66. The lowest BCUT2D eigenvalue weighted by atomic mass is 10.3. The standard InChI is InChI=1S/C12H10O7S2/c13-20(14,15)11-5-1-3-9(7-11)19-10-4-2-6-12(8-10)21(16,17)18/h1-8H,(H,13,14,15)(H,16,17,18). The van der Waals surface area contributed by atoms with Gasteiger partial charge in [-0.05, 0) is 24.3 Å². The summed E-state index contributed by atoms with van der Waals surface area (Å²) in [6.45, 7) is 0. The second-order valence-electron chi connectivity index (χ2n) is 4.00. The predicted molar refractivity (Wildman–Crippen MR) is 72.6 cm³/mol. The van der Waals surface area contributed by atoms with Crippen LogP contribution in [0.2, 0.25) is 0 Å². The lowest BCUT2D eigenvalue weighted by Gasteiger charge is -2.07. The van der Waals surface area contributed by atoms with Crippen molar-refractivity contribution in [3.05, 3.63) is 48.5 Å². The van der Waals surface area contributed by atoms with Gasteiger partial charge in [0.25, 0.3) is 20.2 Å². The highest BCUT2D eigenvalue weighted by atomic mass is 32.2. The fraction of sp³-hybridized carbons (Fsp3) is 0. The van der Waals surface area contributed by atoms with Gasteiger partial charge < -0.3 is 4.74 Å². The Kier molecular flexibility index (Phi) is 4.01. The monoisotopic (exact) mass is 330 g/mol. The molecule has 0 aliphatic rings. The fourth-order valence-electron chi connectivity index (χ4n) is 1.53. The highest BCUT2D eigenvalue weighted by Crippen LogP contribution is 2.25. The number of rotatable bonds is 4. The maximum absolute atomic E-state index is 11.0. The second-order valence-corrected chi connectivity index (χ2v) is 6.84. The molecule has 0 radical (unpaired) electrons. The topological polar surface area (TPSA) is 118 Å². The Morgan fingerprint density at radius 3 is 1.43 bits per heavy atom. The summed E-state index contributed by atoms with van der Waals surface area (Å²) in [4.78, 5) is -0.711. The van der Waals surface area contributed by atoms with Gasteiger partial charge in [-0.1, -0.05) is 12.1 Å². The molecule has 0 atom stereocenters. The minimum absolute atomic E-state index is 0.0811. The van der Waals surface area contributed by atoms with E-state index >= 15 is 0 Å². The number of hydrogen-bond donors (Lipinski definition) is 2. The SMILES string of the molecule is O=S(=O)(O)c1cccc(Oc2cccc(S(=O)(=O)O)c2)c1. The van der Waals surface area contributed by atoms with Crippen molar-refractivity contribution in [3.63, 3.8) is 0 Å². The molecule has 0 heterocycles. The van der Waals surface area contributed by atoms with Crippen molar-refractivity contribution in [1.29, 1.82) is 0 Å². The molecule has 7 nitrogen and oxygen atoms in total. The van der Waals surface area contributed by atoms with Crippen LogP contribution >= 0.6 is 0 Å². The van der Waals surface area contributed by atoms with Crippen LogP contribution in [0.3, 0.4) is 0 Å². The third-order valence-corrected chi connectivity index (χ3v) is 4.14. The molecule has 21 heavy (non-hydrogen) atoms. The van der Waals surface area contributed by atoms with Gasteiger partial charge in [-0.25, -0.2) is 0 Å². The van der Waals surface area contributed by atoms with Crippen LogP contribution in [0, 0.1) is 0 Å². The van der Waals surface area contributed by atoms with Gasteiger partial charge in [0.15, 0.2) is 0 Å². The molecule has 0 bridgehead atoms. The molecule has 0 aliphatic carbocycles. The van der Waals surface area contributed by atoms with Crippen LogP contribution in [0.15, 0.2) is 58.3 Å². The van der Waals surface area contributed by atoms with E-state index < -0.39 is 20.2 Å². The Labute approximate surface area is 121 Å². The fourth-order valence-corrected chi connectivity index (χ4v) is 2.56. The highest BCUT2D eigenvalue weighted by molar-refractivity contribution is 7.86. The molecule has 0 saturated carbocycles. The average Bonchev–Trinajstić information content (AvgIpc) is 2.37. The summed E-state index contributed by atoms with van der Waals surface area (Å²) >= 11 is 0. The van der Waals surface area contributed by atoms with E-state index in [0.717, 1.165) is 12.1 Å². The first-order valence-electron chi connectivity index (χ1n) is 5.49. The van der Waals surface area contributed by atoms with Crippen LogP contribution in [-0.4, -0.2) is 25.9 Å². The highest BCUT2D eigenvalue weighted by Gasteiger charge is 2.12. The van der Waals surface area contributed by atoms with E-state index in [0.29, 0.717) is 0 Å². The molecular weight excluding hydrogens is 320 g/mol. The van der Waals surface area contributed by atoms with E-state index in [1.165, 1.54) is 36.4 Å². The smallest absolute Gasteiger partial charge is 0.294 e. The number of hydrogen-bond acceptors (Lipinski definition) is 5. The lowest BCUT2D eigenvalue weighted by molar-refractivity contribution is 0.467. The van der Waals surface area contributed by atoms with Crippen LogP contribution < -0.4 is 4.74 Å². The molecule has 0 aliphatic heterocycles. The Bertz CT molecular complexity index is 796. The van der Waals surface area contributed by atoms with Crippen molar-refractivity contribution in [2.45, 2.75) is 9.79 Å². The third kappa shape index (κ3) is 4.02. The van der Waals surface area contributed by atoms with Gasteiger partial charge in [-0.2, -0.15) is 16.8 Å². The zero-order valence-electron chi connectivity index (χ0n) is 10.4. The summed E-state index contributed by atoms with van der Waals surface area (Å²) < 4.78 is 67.2. The number of ether oxygens (including phenoxy) is 1. The Morgan fingerprint density at radius 2 is 1.10 bits per heavy atom. The summed E-state index contributed by atoms with van der Waals surface area (Å²) in [6, 6.07) is 10.1. The summed E-state index contributed by atoms with van der Waals surface area (Å²) in [5.74, 6) is 0.162. The average molecular weight is 330 g/mol. The first kappa shape index (κ1) is 15.4. The van der Waals surface area contributed by atoms with Gasteiger partial charge in [0.2, 0.25) is 0 Å². The summed E-state index contributed by atoms with van der Waals surface area (Å²) in [6.07, 6.45) is 0. The van der Waals surface area contributed by atoms with Crippen LogP contribution in [0.5, 0.6) is 11.5 Å². The maximum atomic E-state index is 11.0. The van der Waals surface area contributed by atoms with Crippen molar-refractivity contribution >= 4 is 20.2 Å². The van der Waals surface area contributed by atoms with Crippen molar-refractivity contribution in [2.24, 2.45) is 0 Å². The molecule has 0 spiro atoms. The van der Waals surface area contributed by atoms with Crippen LogP contribution in [0.1, 0.15) is 0 Å². The van der Waals surface area contributed by atoms with Gasteiger partial charge in [-0.15, -0.1) is 0 Å². The predicted octanol–water partition coefficient (Wildman–Crippen LogP) is 1.97. The van der Waals surface area contributed by atoms with Gasteiger partial charge >= 0.3 is 0 Å². The zero-order valence-corrected chi connectivity index (χ0v) is 12.0. The quantitative estimate of drug-likeness (QED) is 0.823. The molecular formula is C12H10O7S2. The largest absolute Gasteiger partial charge is 0.457 e. The van der Waals surface area contributed by atoms with Crippen molar-refractivity contribution in [2.75, 3.05) is 0 Å². The molecule has 0 fully saturated rings. The molecule has 112 valence electrons. The normalized spacial score (nSPS) is 12.1.